The number of ether oxygens (including phenoxy) is 2. The zero-order valence-corrected chi connectivity index (χ0v) is 12.2. The van der Waals surface area contributed by atoms with E-state index in [4.69, 9.17) is 9.47 Å². The third-order valence-corrected chi connectivity index (χ3v) is 4.59. The van der Waals surface area contributed by atoms with Crippen LogP contribution in [0.4, 0.5) is 0 Å². The lowest BCUT2D eigenvalue weighted by molar-refractivity contribution is -0.132. The number of amides is 1. The van der Waals surface area contributed by atoms with Crippen molar-refractivity contribution in [3.63, 3.8) is 0 Å². The summed E-state index contributed by atoms with van der Waals surface area (Å²) >= 11 is 0. The van der Waals surface area contributed by atoms with E-state index in [1.54, 1.807) is 19.2 Å². The van der Waals surface area contributed by atoms with Crippen molar-refractivity contribution in [3.8, 4) is 11.5 Å². The molecule has 114 valence electrons. The zero-order valence-electron chi connectivity index (χ0n) is 12.2. The Kier molecular flexibility index (Phi) is 4.01. The highest BCUT2D eigenvalue weighted by Crippen LogP contribution is 2.38. The Labute approximate surface area is 124 Å². The lowest BCUT2D eigenvalue weighted by atomic mass is 10.00. The minimum absolute atomic E-state index is 0.00983. The van der Waals surface area contributed by atoms with Crippen molar-refractivity contribution in [2.75, 3.05) is 26.8 Å². The summed E-state index contributed by atoms with van der Waals surface area (Å²) in [6, 6.07) is 7.29. The number of rotatable bonds is 4. The number of carbonyl (C=O) groups excluding carboxylic acids is 1. The van der Waals surface area contributed by atoms with Crippen LogP contribution in [-0.2, 0) is 4.79 Å². The molecule has 21 heavy (non-hydrogen) atoms. The zero-order chi connectivity index (χ0) is 14.8. The Morgan fingerprint density at radius 2 is 2.05 bits per heavy atom. The fraction of sp³-hybridized carbons (Fsp3) is 0.562. The summed E-state index contributed by atoms with van der Waals surface area (Å²) in [5.41, 5.74) is 0. The molecule has 2 fully saturated rings. The van der Waals surface area contributed by atoms with Crippen LogP contribution in [0.3, 0.4) is 0 Å². The van der Waals surface area contributed by atoms with E-state index in [0.717, 1.165) is 19.4 Å². The van der Waals surface area contributed by atoms with Gasteiger partial charge in [-0.1, -0.05) is 12.1 Å². The van der Waals surface area contributed by atoms with Crippen molar-refractivity contribution in [1.29, 1.82) is 0 Å². The number of benzene rings is 1. The molecule has 3 atom stereocenters. The van der Waals surface area contributed by atoms with Gasteiger partial charge in [0.2, 0.25) is 0 Å². The third kappa shape index (κ3) is 2.83. The first-order valence-corrected chi connectivity index (χ1v) is 7.40. The molecule has 0 aromatic heterocycles. The summed E-state index contributed by atoms with van der Waals surface area (Å²) in [7, 11) is 1.58. The number of aliphatic hydroxyl groups excluding tert-OH is 1. The molecule has 1 aliphatic heterocycles. The Balaban J connectivity index is 1.55. The third-order valence-electron chi connectivity index (χ3n) is 4.59. The molecule has 5 nitrogen and oxygen atoms in total. The minimum Gasteiger partial charge on any atom is -0.493 e. The molecule has 1 saturated heterocycles. The quantitative estimate of drug-likeness (QED) is 0.908. The molecule has 0 radical (unpaired) electrons. The van der Waals surface area contributed by atoms with Gasteiger partial charge in [0, 0.05) is 19.0 Å². The molecule has 1 N–H and O–H groups in total. The van der Waals surface area contributed by atoms with Gasteiger partial charge in [0.15, 0.2) is 18.1 Å². The van der Waals surface area contributed by atoms with Gasteiger partial charge in [-0.3, -0.25) is 4.79 Å². The summed E-state index contributed by atoms with van der Waals surface area (Å²) in [5, 5.41) is 9.89. The number of aliphatic hydroxyl groups is 1. The van der Waals surface area contributed by atoms with Crippen molar-refractivity contribution in [1.82, 2.24) is 4.90 Å². The number of likely N-dealkylation sites (tertiary alicyclic amines) is 1. The number of carbonyl (C=O) groups is 1. The number of nitrogens with zero attached hydrogens (tertiary/aromatic N) is 1. The number of para-hydroxylation sites is 2. The first-order chi connectivity index (χ1) is 10.2. The van der Waals surface area contributed by atoms with Crippen LogP contribution >= 0.6 is 0 Å². The Bertz CT molecular complexity index is 519. The number of hydrogen-bond donors (Lipinski definition) is 1. The van der Waals surface area contributed by atoms with Crippen molar-refractivity contribution in [3.05, 3.63) is 24.3 Å². The Morgan fingerprint density at radius 3 is 2.76 bits per heavy atom. The Morgan fingerprint density at radius 1 is 1.29 bits per heavy atom. The van der Waals surface area contributed by atoms with Gasteiger partial charge in [0.25, 0.3) is 5.91 Å². The fourth-order valence-electron chi connectivity index (χ4n) is 3.41. The maximum absolute atomic E-state index is 12.2. The van der Waals surface area contributed by atoms with E-state index in [-0.39, 0.29) is 24.5 Å². The molecule has 3 rings (SSSR count). The number of fused-ring (bicyclic) bond motifs is 1. The lowest BCUT2D eigenvalue weighted by Crippen LogP contribution is -2.34. The molecule has 1 saturated carbocycles. The van der Waals surface area contributed by atoms with Crippen molar-refractivity contribution >= 4 is 5.91 Å². The van der Waals surface area contributed by atoms with Crippen molar-refractivity contribution in [2.45, 2.75) is 18.9 Å². The maximum Gasteiger partial charge on any atom is 0.260 e. The van der Waals surface area contributed by atoms with E-state index in [1.165, 1.54) is 0 Å². The minimum atomic E-state index is -0.247. The summed E-state index contributed by atoms with van der Waals surface area (Å²) < 4.78 is 10.8. The Hall–Kier alpha value is -1.75. The number of methoxy groups -OCH3 is 1. The van der Waals surface area contributed by atoms with Crippen LogP contribution in [0.1, 0.15) is 12.8 Å². The van der Waals surface area contributed by atoms with Crippen LogP contribution in [-0.4, -0.2) is 48.8 Å². The molecule has 2 aliphatic rings. The second-order valence-electron chi connectivity index (χ2n) is 5.81. The van der Waals surface area contributed by atoms with E-state index in [9.17, 15) is 9.90 Å². The van der Waals surface area contributed by atoms with Crippen LogP contribution in [0.2, 0.25) is 0 Å². The van der Waals surface area contributed by atoms with E-state index in [0.29, 0.717) is 24.0 Å². The summed E-state index contributed by atoms with van der Waals surface area (Å²) in [5.74, 6) is 1.88. The molecular formula is C16H21NO4. The van der Waals surface area contributed by atoms with E-state index < -0.39 is 0 Å². The topological polar surface area (TPSA) is 59.0 Å². The van der Waals surface area contributed by atoms with Crippen LogP contribution in [0.5, 0.6) is 11.5 Å². The van der Waals surface area contributed by atoms with Gasteiger partial charge < -0.3 is 19.5 Å². The average Bonchev–Trinajstić information content (AvgIpc) is 3.07. The first-order valence-electron chi connectivity index (χ1n) is 7.40. The van der Waals surface area contributed by atoms with Crippen molar-refractivity contribution < 1.29 is 19.4 Å². The normalized spacial score (nSPS) is 27.5. The lowest BCUT2D eigenvalue weighted by Gasteiger charge is -2.19. The van der Waals surface area contributed by atoms with Gasteiger partial charge >= 0.3 is 0 Å². The molecule has 1 amide bonds. The van der Waals surface area contributed by atoms with E-state index in [2.05, 4.69) is 0 Å². The predicted octanol–water partition coefficient (Wildman–Crippen LogP) is 1.30. The highest BCUT2D eigenvalue weighted by molar-refractivity contribution is 5.78. The molecule has 0 spiro atoms. The van der Waals surface area contributed by atoms with Crippen LogP contribution in [0, 0.1) is 11.8 Å². The van der Waals surface area contributed by atoms with E-state index >= 15 is 0 Å². The SMILES string of the molecule is COc1ccccc1OCC(=O)N1CC2CCC(O)C2C1. The molecular weight excluding hydrogens is 270 g/mol. The van der Waals surface area contributed by atoms with Crippen LogP contribution in [0.25, 0.3) is 0 Å². The summed E-state index contributed by atoms with van der Waals surface area (Å²) in [4.78, 5) is 14.0. The van der Waals surface area contributed by atoms with Gasteiger partial charge in [-0.2, -0.15) is 0 Å². The average molecular weight is 291 g/mol. The van der Waals surface area contributed by atoms with E-state index in [1.807, 2.05) is 17.0 Å². The number of hydrogen-bond acceptors (Lipinski definition) is 4. The second kappa shape index (κ2) is 5.93. The molecule has 1 aliphatic carbocycles. The van der Waals surface area contributed by atoms with Crippen LogP contribution in [0.15, 0.2) is 24.3 Å². The predicted molar refractivity (Wildman–Crippen MR) is 77.3 cm³/mol. The highest BCUT2D eigenvalue weighted by Gasteiger charge is 2.43. The fourth-order valence-corrected chi connectivity index (χ4v) is 3.41. The van der Waals surface area contributed by atoms with Gasteiger partial charge in [-0.15, -0.1) is 0 Å². The first kappa shape index (κ1) is 14.2. The van der Waals surface area contributed by atoms with Crippen LogP contribution < -0.4 is 9.47 Å². The van der Waals surface area contributed by atoms with Gasteiger partial charge in [0.1, 0.15) is 0 Å². The second-order valence-corrected chi connectivity index (χ2v) is 5.81. The molecule has 1 aromatic rings. The monoisotopic (exact) mass is 291 g/mol. The molecule has 1 aromatic carbocycles. The summed E-state index contributed by atoms with van der Waals surface area (Å²) in [6.07, 6.45) is 1.64. The molecule has 3 unspecified atom stereocenters. The standard InChI is InChI=1S/C16H21NO4/c1-20-14-4-2-3-5-15(14)21-10-16(19)17-8-11-6-7-13(18)12(11)9-17/h2-5,11-13,18H,6-10H2,1H3. The largest absolute Gasteiger partial charge is 0.493 e. The molecule has 5 heteroatoms. The van der Waals surface area contributed by atoms with Gasteiger partial charge in [0.05, 0.1) is 13.2 Å². The molecule has 0 bridgehead atoms. The van der Waals surface area contributed by atoms with Gasteiger partial charge in [-0.05, 0) is 30.9 Å². The smallest absolute Gasteiger partial charge is 0.260 e. The maximum atomic E-state index is 12.2. The van der Waals surface area contributed by atoms with Crippen molar-refractivity contribution in [2.24, 2.45) is 11.8 Å². The molecule has 1 heterocycles. The van der Waals surface area contributed by atoms with Gasteiger partial charge in [-0.25, -0.2) is 0 Å². The summed E-state index contributed by atoms with van der Waals surface area (Å²) in [6.45, 7) is 1.41. The highest BCUT2D eigenvalue weighted by atomic mass is 16.5.